The normalized spacial score (nSPS) is 10.8. The van der Waals surface area contributed by atoms with Crippen LogP contribution in [0.25, 0.3) is 11.0 Å². The van der Waals surface area contributed by atoms with Crippen LogP contribution in [0.1, 0.15) is 4.88 Å². The van der Waals surface area contributed by atoms with Crippen molar-refractivity contribution in [3.05, 3.63) is 41.2 Å². The fourth-order valence-corrected chi connectivity index (χ4v) is 2.87. The first-order valence-electron chi connectivity index (χ1n) is 7.08. The summed E-state index contributed by atoms with van der Waals surface area (Å²) in [6, 6.07) is 4.21. The number of hydrogen-bond donors (Lipinski definition) is 2. The number of hydrogen-bond acceptors (Lipinski definition) is 6. The molecule has 3 aromatic heterocycles. The molecule has 22 heavy (non-hydrogen) atoms. The molecule has 114 valence electrons. The first-order valence-corrected chi connectivity index (χ1v) is 7.96. The molecule has 0 aliphatic carbocycles. The Hall–Kier alpha value is -2.41. The SMILES string of the molecule is C=CCNc1nc(NCCc2cccs2)c2cnn(C)c2n1. The predicted octanol–water partition coefficient (Wildman–Crippen LogP) is 2.68. The summed E-state index contributed by atoms with van der Waals surface area (Å²) in [6.07, 6.45) is 4.54. The van der Waals surface area contributed by atoms with Gasteiger partial charge in [0.05, 0.1) is 11.6 Å². The molecule has 0 amide bonds. The van der Waals surface area contributed by atoms with Gasteiger partial charge in [0.1, 0.15) is 5.82 Å². The van der Waals surface area contributed by atoms with E-state index >= 15 is 0 Å². The Morgan fingerprint density at radius 1 is 1.36 bits per heavy atom. The molecular weight excluding hydrogens is 296 g/mol. The van der Waals surface area contributed by atoms with Gasteiger partial charge in [0, 0.05) is 25.0 Å². The minimum absolute atomic E-state index is 0.578. The number of aryl methyl sites for hydroxylation is 1. The van der Waals surface area contributed by atoms with E-state index in [-0.39, 0.29) is 0 Å². The summed E-state index contributed by atoms with van der Waals surface area (Å²) in [6.45, 7) is 5.14. The maximum Gasteiger partial charge on any atom is 0.226 e. The minimum Gasteiger partial charge on any atom is -0.369 e. The van der Waals surface area contributed by atoms with Gasteiger partial charge in [0.15, 0.2) is 5.65 Å². The molecule has 0 aliphatic rings. The fourth-order valence-electron chi connectivity index (χ4n) is 2.16. The van der Waals surface area contributed by atoms with E-state index < -0.39 is 0 Å². The summed E-state index contributed by atoms with van der Waals surface area (Å²) < 4.78 is 1.75. The number of aromatic nitrogens is 4. The number of fused-ring (bicyclic) bond motifs is 1. The highest BCUT2D eigenvalue weighted by atomic mass is 32.1. The van der Waals surface area contributed by atoms with Crippen molar-refractivity contribution < 1.29 is 0 Å². The lowest BCUT2D eigenvalue weighted by Crippen LogP contribution is -2.10. The zero-order valence-corrected chi connectivity index (χ0v) is 13.2. The first kappa shape index (κ1) is 14.5. The standard InChI is InChI=1S/C15H18N6S/c1-3-7-17-15-19-13(12-10-18-21(2)14(12)20-15)16-8-6-11-5-4-9-22-11/h3-5,9-10H,1,6-8H2,2H3,(H2,16,17,19,20). The minimum atomic E-state index is 0.578. The number of anilines is 2. The second kappa shape index (κ2) is 6.57. The third-order valence-electron chi connectivity index (χ3n) is 3.24. The lowest BCUT2D eigenvalue weighted by molar-refractivity contribution is 0.785. The van der Waals surface area contributed by atoms with Crippen molar-refractivity contribution in [2.75, 3.05) is 23.7 Å². The summed E-state index contributed by atoms with van der Waals surface area (Å²) in [7, 11) is 1.88. The predicted molar refractivity (Wildman–Crippen MR) is 91.5 cm³/mol. The molecule has 6 nitrogen and oxygen atoms in total. The zero-order chi connectivity index (χ0) is 15.4. The summed E-state index contributed by atoms with van der Waals surface area (Å²) in [5, 5.41) is 13.8. The summed E-state index contributed by atoms with van der Waals surface area (Å²) >= 11 is 1.77. The van der Waals surface area contributed by atoms with Crippen molar-refractivity contribution in [2.24, 2.45) is 7.05 Å². The molecule has 0 saturated carbocycles. The van der Waals surface area contributed by atoms with Gasteiger partial charge in [-0.3, -0.25) is 4.68 Å². The summed E-state index contributed by atoms with van der Waals surface area (Å²) in [5.41, 5.74) is 0.806. The van der Waals surface area contributed by atoms with Gasteiger partial charge in [-0.05, 0) is 17.9 Å². The van der Waals surface area contributed by atoms with Crippen LogP contribution in [0.4, 0.5) is 11.8 Å². The van der Waals surface area contributed by atoms with Gasteiger partial charge >= 0.3 is 0 Å². The molecule has 0 fully saturated rings. The fraction of sp³-hybridized carbons (Fsp3) is 0.267. The van der Waals surface area contributed by atoms with E-state index in [0.29, 0.717) is 12.5 Å². The Labute approximate surface area is 132 Å². The van der Waals surface area contributed by atoms with Gasteiger partial charge < -0.3 is 10.6 Å². The topological polar surface area (TPSA) is 67.7 Å². The third-order valence-corrected chi connectivity index (χ3v) is 4.18. The lowest BCUT2D eigenvalue weighted by atomic mass is 10.3. The van der Waals surface area contributed by atoms with Gasteiger partial charge in [-0.1, -0.05) is 12.1 Å². The van der Waals surface area contributed by atoms with E-state index in [1.165, 1.54) is 4.88 Å². The Morgan fingerprint density at radius 3 is 3.05 bits per heavy atom. The van der Waals surface area contributed by atoms with Crippen LogP contribution < -0.4 is 10.6 Å². The first-order chi connectivity index (χ1) is 10.8. The Balaban J connectivity index is 1.81. The Bertz CT molecular complexity index is 762. The number of rotatable bonds is 7. The number of nitrogens with zero attached hydrogens (tertiary/aromatic N) is 4. The quantitative estimate of drug-likeness (QED) is 0.656. The van der Waals surface area contributed by atoms with Crippen LogP contribution >= 0.6 is 11.3 Å². The second-order valence-electron chi connectivity index (χ2n) is 4.83. The van der Waals surface area contributed by atoms with E-state index in [4.69, 9.17) is 0 Å². The van der Waals surface area contributed by atoms with Crippen LogP contribution in [0.2, 0.25) is 0 Å². The van der Waals surface area contributed by atoms with Crippen molar-refractivity contribution >= 4 is 34.1 Å². The molecule has 0 spiro atoms. The molecule has 0 aliphatic heterocycles. The van der Waals surface area contributed by atoms with Crippen molar-refractivity contribution in [3.8, 4) is 0 Å². The van der Waals surface area contributed by atoms with Crippen LogP contribution in [0.3, 0.4) is 0 Å². The molecule has 2 N–H and O–H groups in total. The van der Waals surface area contributed by atoms with Crippen LogP contribution in [-0.4, -0.2) is 32.8 Å². The Kier molecular flexibility index (Phi) is 4.34. The molecule has 3 heterocycles. The second-order valence-corrected chi connectivity index (χ2v) is 5.86. The van der Waals surface area contributed by atoms with E-state index in [0.717, 1.165) is 29.8 Å². The van der Waals surface area contributed by atoms with Gasteiger partial charge in [0.2, 0.25) is 5.95 Å². The van der Waals surface area contributed by atoms with E-state index in [2.05, 4.69) is 49.8 Å². The van der Waals surface area contributed by atoms with Crippen LogP contribution in [0.5, 0.6) is 0 Å². The maximum absolute atomic E-state index is 4.54. The molecule has 0 saturated heterocycles. The molecule has 0 bridgehead atoms. The number of thiophene rings is 1. The van der Waals surface area contributed by atoms with E-state index in [1.54, 1.807) is 28.3 Å². The molecule has 7 heteroatoms. The summed E-state index contributed by atoms with van der Waals surface area (Å²) in [4.78, 5) is 10.4. The highest BCUT2D eigenvalue weighted by Gasteiger charge is 2.11. The number of nitrogens with one attached hydrogen (secondary N) is 2. The molecule has 3 rings (SSSR count). The van der Waals surface area contributed by atoms with E-state index in [9.17, 15) is 0 Å². The summed E-state index contributed by atoms with van der Waals surface area (Å²) in [5.74, 6) is 1.39. The van der Waals surface area contributed by atoms with Gasteiger partial charge in [-0.2, -0.15) is 15.1 Å². The van der Waals surface area contributed by atoms with Crippen molar-refractivity contribution in [1.29, 1.82) is 0 Å². The van der Waals surface area contributed by atoms with Crippen molar-refractivity contribution in [2.45, 2.75) is 6.42 Å². The van der Waals surface area contributed by atoms with Crippen LogP contribution in [-0.2, 0) is 13.5 Å². The zero-order valence-electron chi connectivity index (χ0n) is 12.4. The van der Waals surface area contributed by atoms with Gasteiger partial charge in [0.25, 0.3) is 0 Å². The molecule has 0 aromatic carbocycles. The Morgan fingerprint density at radius 2 is 2.27 bits per heavy atom. The van der Waals surface area contributed by atoms with Gasteiger partial charge in [-0.15, -0.1) is 17.9 Å². The lowest BCUT2D eigenvalue weighted by Gasteiger charge is -2.09. The van der Waals surface area contributed by atoms with Crippen molar-refractivity contribution in [3.63, 3.8) is 0 Å². The molecule has 0 unspecified atom stereocenters. The molecule has 3 aromatic rings. The van der Waals surface area contributed by atoms with E-state index in [1.807, 2.05) is 7.05 Å². The van der Waals surface area contributed by atoms with Crippen molar-refractivity contribution in [1.82, 2.24) is 19.7 Å². The highest BCUT2D eigenvalue weighted by Crippen LogP contribution is 2.21. The monoisotopic (exact) mass is 314 g/mol. The largest absolute Gasteiger partial charge is 0.369 e. The average Bonchev–Trinajstić information content (AvgIpc) is 3.16. The molecule has 0 radical (unpaired) electrons. The highest BCUT2D eigenvalue weighted by molar-refractivity contribution is 7.09. The molecular formula is C15H18N6S. The average molecular weight is 314 g/mol. The maximum atomic E-state index is 4.54. The van der Waals surface area contributed by atoms with Crippen LogP contribution in [0, 0.1) is 0 Å². The third kappa shape index (κ3) is 3.09. The van der Waals surface area contributed by atoms with Gasteiger partial charge in [-0.25, -0.2) is 0 Å². The molecule has 0 atom stereocenters. The smallest absolute Gasteiger partial charge is 0.226 e. The van der Waals surface area contributed by atoms with Crippen LogP contribution in [0.15, 0.2) is 36.4 Å².